The molecule has 5 aromatic carbocycles. The van der Waals surface area contributed by atoms with E-state index in [0.29, 0.717) is 33.4 Å². The number of aromatic nitrogens is 4. The summed E-state index contributed by atoms with van der Waals surface area (Å²) in [5, 5.41) is 2.71. The van der Waals surface area contributed by atoms with Gasteiger partial charge in [-0.05, 0) is 128 Å². The van der Waals surface area contributed by atoms with Crippen molar-refractivity contribution < 1.29 is 38.2 Å². The molecule has 2 fully saturated rings. The molecule has 2 aliphatic rings. The van der Waals surface area contributed by atoms with Crippen LogP contribution in [0.3, 0.4) is 0 Å². The molecule has 65 heavy (non-hydrogen) atoms. The zero-order valence-electron chi connectivity index (χ0n) is 47.4. The number of nitrogens with zero attached hydrogens (tertiary/aromatic N) is 4. The normalized spacial score (nSPS) is 18.6. The largest absolute Gasteiger partial charge is 0.500 e. The summed E-state index contributed by atoms with van der Waals surface area (Å²) in [4.78, 5) is 13.9. The summed E-state index contributed by atoms with van der Waals surface area (Å²) in [6.45, 7) is 2.43. The van der Waals surface area contributed by atoms with Gasteiger partial charge in [0.25, 0.3) is 0 Å². The number of benzene rings is 5. The van der Waals surface area contributed by atoms with Crippen molar-refractivity contribution in [1.82, 2.24) is 19.5 Å². The van der Waals surface area contributed by atoms with E-state index in [9.17, 15) is 1.37 Å². The third kappa shape index (κ3) is 8.73. The van der Waals surface area contributed by atoms with Crippen LogP contribution in [0.15, 0.2) is 114 Å². The number of hydrogen-bond donors (Lipinski definition) is 0. The first-order valence-corrected chi connectivity index (χ1v) is 22.9. The van der Waals surface area contributed by atoms with E-state index >= 15 is 0 Å². The van der Waals surface area contributed by atoms with Crippen molar-refractivity contribution in [3.8, 4) is 28.3 Å². The molecule has 6 heteroatoms. The van der Waals surface area contributed by atoms with E-state index in [1.807, 2.05) is 36.4 Å². The van der Waals surface area contributed by atoms with Crippen LogP contribution in [-0.4, -0.2) is 19.5 Å². The topological polar surface area (TPSA) is 56.7 Å². The predicted octanol–water partition coefficient (Wildman–Crippen LogP) is 16.3. The molecule has 0 aliphatic heterocycles. The van der Waals surface area contributed by atoms with E-state index in [1.54, 1.807) is 18.2 Å². The van der Waals surface area contributed by atoms with Crippen LogP contribution in [0.1, 0.15) is 150 Å². The molecule has 0 saturated heterocycles. The van der Waals surface area contributed by atoms with Crippen molar-refractivity contribution in [2.45, 2.75) is 124 Å². The monoisotopic (exact) mass is 1040 g/mol. The van der Waals surface area contributed by atoms with Gasteiger partial charge in [-0.25, -0.2) is 0 Å². The first kappa shape index (κ1) is 34.0. The van der Waals surface area contributed by atoms with Gasteiger partial charge in [0.05, 0.1) is 28.0 Å². The maximum atomic E-state index is 9.96. The second kappa shape index (κ2) is 18.5. The zero-order chi connectivity index (χ0) is 52.5. The van der Waals surface area contributed by atoms with Crippen molar-refractivity contribution in [3.05, 3.63) is 155 Å². The van der Waals surface area contributed by atoms with Crippen molar-refractivity contribution in [3.63, 3.8) is 0 Å². The van der Waals surface area contributed by atoms with Crippen LogP contribution >= 0.6 is 0 Å². The first-order chi connectivity index (χ1) is 35.0. The van der Waals surface area contributed by atoms with Crippen LogP contribution in [0.5, 0.6) is 0 Å². The Labute approximate surface area is 412 Å². The third-order valence-electron chi connectivity index (χ3n) is 13.8. The van der Waals surface area contributed by atoms with E-state index in [-0.39, 0.29) is 48.8 Å². The minimum atomic E-state index is -2.30. The molecule has 0 N–H and O–H groups in total. The minimum Gasteiger partial charge on any atom is -0.500 e. The molecule has 2 aliphatic carbocycles. The van der Waals surface area contributed by atoms with E-state index in [1.165, 1.54) is 67.6 Å². The molecule has 4 aromatic heterocycles. The fourth-order valence-corrected chi connectivity index (χ4v) is 10.3. The molecule has 333 valence electrons. The summed E-state index contributed by atoms with van der Waals surface area (Å²) in [5.74, 6) is 0.565. The third-order valence-corrected chi connectivity index (χ3v) is 13.8. The van der Waals surface area contributed by atoms with Crippen LogP contribution < -0.4 is 0 Å². The Morgan fingerprint density at radius 2 is 1.52 bits per heavy atom. The molecule has 0 amide bonds. The Morgan fingerprint density at radius 1 is 0.754 bits per heavy atom. The van der Waals surface area contributed by atoms with Crippen LogP contribution in [0.25, 0.3) is 72.2 Å². The first-order valence-electron chi connectivity index (χ1n) is 27.9. The summed E-state index contributed by atoms with van der Waals surface area (Å²) in [6.07, 6.45) is 12.2. The molecule has 1 radical (unpaired) electrons. The van der Waals surface area contributed by atoms with Gasteiger partial charge in [-0.2, -0.15) is 0 Å². The standard InChI is InChI=1S/C46H48N3O.C13H12N.Ir/c1-28(2)36-25-33(31-18-22-46(23-19-31)20-9-6-10-21-46)26-37(29(3)4)43(36)49-41-15-8-7-14-39(41)48-45(49)35-13-11-12-34-38-24-32-17-16-30(5)47-40(32)27-42(38)50-44(34)35;1-10-3-6-12(7-4-10)13-8-5-11(2)9-14-13;/h7-8,11-12,14-17,24-29,31H,6,9-10,18-23H2,1-5H3;3-6,8-9H,1-2H3;/q2*-1;/i5D3,31D;1D3,2D3;. The van der Waals surface area contributed by atoms with Crippen molar-refractivity contribution in [1.29, 1.82) is 0 Å². The Balaban J connectivity index is 0.000000277. The summed E-state index contributed by atoms with van der Waals surface area (Å²) in [6, 6.07) is 38.2. The average molecular weight is 1040 g/mol. The van der Waals surface area contributed by atoms with E-state index in [4.69, 9.17) is 21.7 Å². The van der Waals surface area contributed by atoms with Crippen molar-refractivity contribution >= 4 is 43.9 Å². The maximum Gasteiger partial charge on any atom is 0.123 e. The van der Waals surface area contributed by atoms with Gasteiger partial charge in [0, 0.05) is 68.2 Å². The van der Waals surface area contributed by atoms with Crippen LogP contribution in [-0.2, 0) is 20.1 Å². The number of imidazole rings is 1. The number of aryl methyl sites for hydroxylation is 3. The molecular formula is C59H60IrN4O-2. The van der Waals surface area contributed by atoms with Gasteiger partial charge >= 0.3 is 0 Å². The molecule has 0 bridgehead atoms. The number of hydrogen-bond acceptors (Lipinski definition) is 4. The summed E-state index contributed by atoms with van der Waals surface area (Å²) < 4.78 is 86.2. The van der Waals surface area contributed by atoms with Crippen molar-refractivity contribution in [2.75, 3.05) is 0 Å². The summed E-state index contributed by atoms with van der Waals surface area (Å²) in [7, 11) is 0. The van der Waals surface area contributed by atoms with E-state index in [0.717, 1.165) is 75.5 Å². The summed E-state index contributed by atoms with van der Waals surface area (Å²) >= 11 is 0. The van der Waals surface area contributed by atoms with Crippen LogP contribution in [0.4, 0.5) is 0 Å². The molecule has 2 saturated carbocycles. The number of rotatable bonds is 6. The second-order valence-electron chi connectivity index (χ2n) is 18.6. The smallest absolute Gasteiger partial charge is 0.123 e. The van der Waals surface area contributed by atoms with Gasteiger partial charge in [0.1, 0.15) is 5.58 Å². The zero-order valence-corrected chi connectivity index (χ0v) is 39.8. The molecule has 4 heterocycles. The molecule has 1 spiro atoms. The quantitative estimate of drug-likeness (QED) is 0.156. The fraction of sp³-hybridized carbons (Fsp3) is 0.339. The van der Waals surface area contributed by atoms with Gasteiger partial charge in [0.15, 0.2) is 0 Å². The SMILES string of the molecule is [2H]C([2H])([2H])c1c[c-]c(-c2ccc(C([2H])([2H])[2H])cn2)cc1.[2H]C([2H])([2H])c1ccc2cc3c(cc2n1)oc1c(-c2nc4ccccc4n2-c2c(C(C)C)cc(C4([2H])CCC5(CCCCC5)CC4)cc2C(C)C)[c-]ccc13.[Ir]. The minimum absolute atomic E-state index is 0. The number of furan rings is 1. The Kier molecular flexibility index (Phi) is 9.65. The van der Waals surface area contributed by atoms with E-state index < -0.39 is 26.4 Å². The molecule has 9 aromatic rings. The molecule has 5 nitrogen and oxygen atoms in total. The van der Waals surface area contributed by atoms with Crippen LogP contribution in [0.2, 0.25) is 0 Å². The van der Waals surface area contributed by atoms with E-state index in [2.05, 4.69) is 84.7 Å². The van der Waals surface area contributed by atoms with Crippen LogP contribution in [0, 0.1) is 38.1 Å². The van der Waals surface area contributed by atoms with Gasteiger partial charge < -0.3 is 14.0 Å². The fourth-order valence-electron chi connectivity index (χ4n) is 10.3. The van der Waals surface area contributed by atoms with Gasteiger partial charge in [0.2, 0.25) is 0 Å². The number of pyridine rings is 2. The Morgan fingerprint density at radius 3 is 2.22 bits per heavy atom. The van der Waals surface area contributed by atoms with Gasteiger partial charge in [-0.15, -0.1) is 53.6 Å². The maximum absolute atomic E-state index is 9.96. The molecule has 0 atom stereocenters. The number of para-hydroxylation sites is 2. The average Bonchev–Trinajstić information content (AvgIpc) is 3.96. The van der Waals surface area contributed by atoms with Gasteiger partial charge in [-0.3, -0.25) is 9.97 Å². The molecule has 11 rings (SSSR count). The Bertz CT molecular complexity index is 3440. The van der Waals surface area contributed by atoms with Gasteiger partial charge in [-0.1, -0.05) is 107 Å². The molecule has 0 unspecified atom stereocenters. The Hall–Kier alpha value is -5.42. The second-order valence-corrected chi connectivity index (χ2v) is 18.6. The predicted molar refractivity (Wildman–Crippen MR) is 266 cm³/mol. The number of fused-ring (bicyclic) bond motifs is 5. The summed E-state index contributed by atoms with van der Waals surface area (Å²) in [5.41, 5.74) is 11.3. The molecular weight excluding hydrogens is 973 g/mol. The van der Waals surface area contributed by atoms with Crippen molar-refractivity contribution in [2.24, 2.45) is 5.41 Å².